The number of sulfone groups is 1. The van der Waals surface area contributed by atoms with E-state index in [9.17, 15) is 8.42 Å². The van der Waals surface area contributed by atoms with Crippen LogP contribution in [-0.2, 0) is 9.84 Å². The van der Waals surface area contributed by atoms with Crippen LogP contribution < -0.4 is 11.1 Å². The SMILES string of the molecule is CCCCS(=O)(=O)C(CN)CNCCBr. The Morgan fingerprint density at radius 2 is 2.13 bits per heavy atom. The third kappa shape index (κ3) is 6.50. The summed E-state index contributed by atoms with van der Waals surface area (Å²) in [6, 6.07) is 0. The number of nitrogens with two attached hydrogens (primary N) is 1. The van der Waals surface area contributed by atoms with Crippen LogP contribution in [0.2, 0.25) is 0 Å². The van der Waals surface area contributed by atoms with Crippen molar-refractivity contribution in [1.29, 1.82) is 0 Å². The summed E-state index contributed by atoms with van der Waals surface area (Å²) in [6.45, 7) is 3.39. The molecule has 0 radical (unpaired) electrons. The molecule has 0 amide bonds. The Bertz CT molecular complexity index is 244. The zero-order valence-corrected chi connectivity index (χ0v) is 11.6. The quantitative estimate of drug-likeness (QED) is 0.481. The van der Waals surface area contributed by atoms with E-state index in [4.69, 9.17) is 5.73 Å². The predicted octanol–water partition coefficient (Wildman–Crippen LogP) is 0.513. The summed E-state index contributed by atoms with van der Waals surface area (Å²) >= 11 is 3.27. The molecule has 0 aliphatic carbocycles. The summed E-state index contributed by atoms with van der Waals surface area (Å²) in [5, 5.41) is 3.44. The first-order valence-corrected chi connectivity index (χ1v) is 8.10. The molecule has 0 aromatic carbocycles. The van der Waals surface area contributed by atoms with E-state index in [1.54, 1.807) is 0 Å². The van der Waals surface area contributed by atoms with Gasteiger partial charge in [0.2, 0.25) is 0 Å². The van der Waals surface area contributed by atoms with Crippen LogP contribution in [0.15, 0.2) is 0 Å². The van der Waals surface area contributed by atoms with Crippen molar-refractivity contribution in [3.63, 3.8) is 0 Å². The molecule has 0 aliphatic rings. The third-order valence-electron chi connectivity index (χ3n) is 2.20. The van der Waals surface area contributed by atoms with Crippen molar-refractivity contribution < 1.29 is 8.42 Å². The van der Waals surface area contributed by atoms with Crippen molar-refractivity contribution in [3.8, 4) is 0 Å². The highest BCUT2D eigenvalue weighted by molar-refractivity contribution is 9.09. The molecule has 92 valence electrons. The second kappa shape index (κ2) is 8.50. The van der Waals surface area contributed by atoms with Crippen LogP contribution in [0.1, 0.15) is 19.8 Å². The molecule has 0 saturated carbocycles. The highest BCUT2D eigenvalue weighted by atomic mass is 79.9. The van der Waals surface area contributed by atoms with Crippen molar-refractivity contribution in [2.45, 2.75) is 25.0 Å². The van der Waals surface area contributed by atoms with Gasteiger partial charge in [0.05, 0.1) is 11.0 Å². The Hall–Kier alpha value is 0.350. The topological polar surface area (TPSA) is 72.2 Å². The second-order valence-electron chi connectivity index (χ2n) is 3.47. The Kier molecular flexibility index (Phi) is 8.69. The summed E-state index contributed by atoms with van der Waals surface area (Å²) < 4.78 is 23.6. The molecule has 4 nitrogen and oxygen atoms in total. The maximum absolute atomic E-state index is 11.8. The van der Waals surface area contributed by atoms with Gasteiger partial charge in [-0.15, -0.1) is 0 Å². The molecule has 6 heteroatoms. The van der Waals surface area contributed by atoms with Crippen molar-refractivity contribution in [3.05, 3.63) is 0 Å². The fourth-order valence-corrected chi connectivity index (χ4v) is 3.17. The molecule has 1 unspecified atom stereocenters. The fourth-order valence-electron chi connectivity index (χ4n) is 1.20. The van der Waals surface area contributed by atoms with Gasteiger partial charge in [0.1, 0.15) is 0 Å². The monoisotopic (exact) mass is 300 g/mol. The van der Waals surface area contributed by atoms with Gasteiger partial charge in [-0.25, -0.2) is 8.42 Å². The molecular weight excluding hydrogens is 280 g/mol. The minimum atomic E-state index is -3.02. The molecule has 1 atom stereocenters. The Morgan fingerprint density at radius 1 is 1.47 bits per heavy atom. The van der Waals surface area contributed by atoms with Gasteiger partial charge in [-0.3, -0.25) is 0 Å². The molecule has 0 aromatic heterocycles. The fraction of sp³-hybridized carbons (Fsp3) is 1.00. The summed E-state index contributed by atoms with van der Waals surface area (Å²) in [4.78, 5) is 0. The summed E-state index contributed by atoms with van der Waals surface area (Å²) in [6.07, 6.45) is 1.61. The third-order valence-corrected chi connectivity index (χ3v) is 4.83. The highest BCUT2D eigenvalue weighted by Gasteiger charge is 2.22. The maximum atomic E-state index is 11.8. The van der Waals surface area contributed by atoms with Crippen molar-refractivity contribution in [2.24, 2.45) is 5.73 Å². The van der Waals surface area contributed by atoms with Gasteiger partial charge in [-0.2, -0.15) is 0 Å². The van der Waals surface area contributed by atoms with Gasteiger partial charge in [-0.1, -0.05) is 29.3 Å². The molecule has 15 heavy (non-hydrogen) atoms. The molecule has 0 heterocycles. The van der Waals surface area contributed by atoms with E-state index in [-0.39, 0.29) is 12.3 Å². The highest BCUT2D eigenvalue weighted by Crippen LogP contribution is 2.04. The lowest BCUT2D eigenvalue weighted by Crippen LogP contribution is -2.40. The van der Waals surface area contributed by atoms with Crippen LogP contribution in [-0.4, -0.2) is 44.4 Å². The van der Waals surface area contributed by atoms with E-state index >= 15 is 0 Å². The Balaban J connectivity index is 4.12. The van der Waals surface area contributed by atoms with E-state index in [1.165, 1.54) is 0 Å². The van der Waals surface area contributed by atoms with E-state index in [0.29, 0.717) is 6.54 Å². The minimum absolute atomic E-state index is 0.196. The Morgan fingerprint density at radius 3 is 2.60 bits per heavy atom. The summed E-state index contributed by atoms with van der Waals surface area (Å²) in [7, 11) is -3.02. The lowest BCUT2D eigenvalue weighted by atomic mass is 10.4. The first-order valence-electron chi connectivity index (χ1n) is 5.26. The van der Waals surface area contributed by atoms with Crippen LogP contribution >= 0.6 is 15.9 Å². The van der Waals surface area contributed by atoms with Gasteiger partial charge in [-0.05, 0) is 6.42 Å². The zero-order chi connectivity index (χ0) is 11.7. The average Bonchev–Trinajstić information content (AvgIpc) is 2.21. The normalized spacial score (nSPS) is 14.1. The number of unbranched alkanes of at least 4 members (excludes halogenated alkanes) is 1. The molecule has 0 aliphatic heterocycles. The number of alkyl halides is 1. The lowest BCUT2D eigenvalue weighted by molar-refractivity contribution is 0.565. The standard InChI is InChI=1S/C9H21BrN2O2S/c1-2-3-6-15(13,14)9(7-11)8-12-5-4-10/h9,12H,2-8,11H2,1H3. The van der Waals surface area contributed by atoms with Gasteiger partial charge < -0.3 is 11.1 Å². The summed E-state index contributed by atoms with van der Waals surface area (Å²) in [5.41, 5.74) is 5.48. The summed E-state index contributed by atoms with van der Waals surface area (Å²) in [5.74, 6) is 0.251. The molecule has 0 aromatic rings. The molecule has 0 bridgehead atoms. The lowest BCUT2D eigenvalue weighted by Gasteiger charge is -2.15. The molecule has 0 spiro atoms. The minimum Gasteiger partial charge on any atom is -0.329 e. The Labute approximate surface area is 101 Å². The van der Waals surface area contributed by atoms with E-state index in [2.05, 4.69) is 21.2 Å². The van der Waals surface area contributed by atoms with Gasteiger partial charge in [0, 0.05) is 25.0 Å². The van der Waals surface area contributed by atoms with Gasteiger partial charge >= 0.3 is 0 Å². The van der Waals surface area contributed by atoms with Crippen molar-refractivity contribution in [1.82, 2.24) is 5.32 Å². The first-order chi connectivity index (χ1) is 7.08. The van der Waals surface area contributed by atoms with Crippen LogP contribution in [0.25, 0.3) is 0 Å². The van der Waals surface area contributed by atoms with Crippen LogP contribution in [0.5, 0.6) is 0 Å². The second-order valence-corrected chi connectivity index (χ2v) is 6.66. The number of hydrogen-bond acceptors (Lipinski definition) is 4. The average molecular weight is 301 g/mol. The maximum Gasteiger partial charge on any atom is 0.155 e. The number of nitrogens with one attached hydrogen (secondary N) is 1. The van der Waals surface area contributed by atoms with E-state index < -0.39 is 15.1 Å². The molecule has 3 N–H and O–H groups in total. The number of rotatable bonds is 9. The van der Waals surface area contributed by atoms with Crippen LogP contribution in [0.4, 0.5) is 0 Å². The number of hydrogen-bond donors (Lipinski definition) is 2. The zero-order valence-electron chi connectivity index (χ0n) is 9.21. The molecule has 0 rings (SSSR count). The number of halogens is 1. The van der Waals surface area contributed by atoms with Crippen LogP contribution in [0.3, 0.4) is 0 Å². The van der Waals surface area contributed by atoms with Crippen molar-refractivity contribution >= 4 is 25.8 Å². The smallest absolute Gasteiger partial charge is 0.155 e. The molecular formula is C9H21BrN2O2S. The largest absolute Gasteiger partial charge is 0.329 e. The van der Waals surface area contributed by atoms with E-state index in [1.807, 2.05) is 6.92 Å². The van der Waals surface area contributed by atoms with Crippen LogP contribution in [0, 0.1) is 0 Å². The van der Waals surface area contributed by atoms with Gasteiger partial charge in [0.25, 0.3) is 0 Å². The molecule has 0 saturated heterocycles. The van der Waals surface area contributed by atoms with Crippen molar-refractivity contribution in [2.75, 3.05) is 30.7 Å². The molecule has 0 fully saturated rings. The predicted molar refractivity (Wildman–Crippen MR) is 68.2 cm³/mol. The van der Waals surface area contributed by atoms with Gasteiger partial charge in [0.15, 0.2) is 9.84 Å². The van der Waals surface area contributed by atoms with E-state index in [0.717, 1.165) is 24.7 Å². The first kappa shape index (κ1) is 15.3.